The third-order valence-corrected chi connectivity index (χ3v) is 3.73. The first-order valence-electron chi connectivity index (χ1n) is 5.68. The van der Waals surface area contributed by atoms with Crippen LogP contribution in [0.2, 0.25) is 0 Å². The molecule has 1 fully saturated rings. The Kier molecular flexibility index (Phi) is 3.35. The highest BCUT2D eigenvalue weighted by molar-refractivity contribution is 9.08. The van der Waals surface area contributed by atoms with Crippen LogP contribution in [0.15, 0.2) is 18.2 Å². The molecule has 0 atom stereocenters. The molecule has 0 unspecified atom stereocenters. The summed E-state index contributed by atoms with van der Waals surface area (Å²) >= 11 is 3.51. The van der Waals surface area contributed by atoms with Crippen molar-refractivity contribution in [2.24, 2.45) is 0 Å². The van der Waals surface area contributed by atoms with Gasteiger partial charge in [-0.25, -0.2) is 0 Å². The van der Waals surface area contributed by atoms with Crippen LogP contribution in [0.25, 0.3) is 0 Å². The largest absolute Gasteiger partial charge is 0.369 e. The molecule has 1 saturated carbocycles. The number of anilines is 1. The van der Waals surface area contributed by atoms with Crippen molar-refractivity contribution in [2.45, 2.75) is 38.1 Å². The minimum Gasteiger partial charge on any atom is -0.369 e. The molecule has 0 bridgehead atoms. The average Bonchev–Trinajstić information content (AvgIpc) is 3.03. The van der Waals surface area contributed by atoms with Crippen LogP contribution < -0.4 is 4.90 Å². The van der Waals surface area contributed by atoms with E-state index in [2.05, 4.69) is 52.9 Å². The Hall–Kier alpha value is -0.500. The molecule has 0 saturated heterocycles. The van der Waals surface area contributed by atoms with Gasteiger partial charge in [0.15, 0.2) is 0 Å². The van der Waals surface area contributed by atoms with Crippen molar-refractivity contribution >= 4 is 21.6 Å². The number of hydrogen-bond donors (Lipinski definition) is 0. The molecule has 1 nitrogen and oxygen atoms in total. The molecule has 1 aliphatic carbocycles. The Morgan fingerprint density at radius 3 is 2.60 bits per heavy atom. The summed E-state index contributed by atoms with van der Waals surface area (Å²) in [6.45, 7) is 5.56. The average molecular weight is 268 g/mol. The van der Waals surface area contributed by atoms with Gasteiger partial charge in [-0.3, -0.25) is 0 Å². The molecule has 2 rings (SSSR count). The maximum atomic E-state index is 3.51. The van der Waals surface area contributed by atoms with E-state index < -0.39 is 0 Å². The van der Waals surface area contributed by atoms with E-state index in [1.165, 1.54) is 29.7 Å². The second-order valence-electron chi connectivity index (χ2n) is 4.26. The van der Waals surface area contributed by atoms with Crippen molar-refractivity contribution in [3.05, 3.63) is 29.3 Å². The van der Waals surface area contributed by atoms with Crippen molar-refractivity contribution in [1.82, 2.24) is 0 Å². The van der Waals surface area contributed by atoms with Crippen LogP contribution in [0.1, 0.15) is 30.9 Å². The number of nitrogens with zero attached hydrogens (tertiary/aromatic N) is 1. The second kappa shape index (κ2) is 4.56. The van der Waals surface area contributed by atoms with Crippen molar-refractivity contribution in [2.75, 3.05) is 11.4 Å². The van der Waals surface area contributed by atoms with Crippen molar-refractivity contribution in [1.29, 1.82) is 0 Å². The molecule has 0 aromatic heterocycles. The highest BCUT2D eigenvalue weighted by Crippen LogP contribution is 2.32. The normalized spacial score (nSPS) is 15.4. The van der Waals surface area contributed by atoms with Gasteiger partial charge in [0.05, 0.1) is 0 Å². The highest BCUT2D eigenvalue weighted by atomic mass is 79.9. The van der Waals surface area contributed by atoms with Crippen LogP contribution in [-0.2, 0) is 5.33 Å². The smallest absolute Gasteiger partial charge is 0.0371 e. The zero-order valence-electron chi connectivity index (χ0n) is 9.46. The molecule has 1 aliphatic rings. The van der Waals surface area contributed by atoms with E-state index in [4.69, 9.17) is 0 Å². The third-order valence-electron chi connectivity index (χ3n) is 3.13. The predicted molar refractivity (Wildman–Crippen MR) is 69.9 cm³/mol. The van der Waals surface area contributed by atoms with Gasteiger partial charge in [0, 0.05) is 23.6 Å². The third kappa shape index (κ3) is 2.36. The topological polar surface area (TPSA) is 3.24 Å². The van der Waals surface area contributed by atoms with E-state index in [1.54, 1.807) is 0 Å². The zero-order valence-corrected chi connectivity index (χ0v) is 11.0. The minimum absolute atomic E-state index is 0.809. The van der Waals surface area contributed by atoms with Crippen LogP contribution in [0.4, 0.5) is 5.69 Å². The van der Waals surface area contributed by atoms with Crippen molar-refractivity contribution in [3.8, 4) is 0 Å². The molecular formula is C13H18BrN. The number of alkyl halides is 1. The van der Waals surface area contributed by atoms with Gasteiger partial charge in [0.2, 0.25) is 0 Å². The van der Waals surface area contributed by atoms with Crippen LogP contribution in [0, 0.1) is 6.92 Å². The lowest BCUT2D eigenvalue weighted by molar-refractivity contribution is 0.825. The first kappa shape index (κ1) is 11.0. The summed E-state index contributed by atoms with van der Waals surface area (Å²) in [5.41, 5.74) is 4.18. The second-order valence-corrected chi connectivity index (χ2v) is 4.82. The maximum absolute atomic E-state index is 3.51. The van der Waals surface area contributed by atoms with Gasteiger partial charge in [-0.2, -0.15) is 0 Å². The number of halogens is 1. The fourth-order valence-corrected chi connectivity index (χ4v) is 2.68. The standard InChI is InChI=1S/C13H18BrN/c1-3-15(12-6-7-12)13-5-4-11(9-14)10(2)8-13/h4-5,8,12H,3,6-7,9H2,1-2H3. The first-order valence-corrected chi connectivity index (χ1v) is 6.80. The SMILES string of the molecule is CCN(c1ccc(CBr)c(C)c1)C1CC1. The summed E-state index contributed by atoms with van der Waals surface area (Å²) in [5, 5.41) is 0.953. The lowest BCUT2D eigenvalue weighted by atomic mass is 10.1. The lowest BCUT2D eigenvalue weighted by Crippen LogP contribution is -2.24. The summed E-state index contributed by atoms with van der Waals surface area (Å²) < 4.78 is 0. The van der Waals surface area contributed by atoms with Gasteiger partial charge in [0.25, 0.3) is 0 Å². The van der Waals surface area contributed by atoms with E-state index in [-0.39, 0.29) is 0 Å². The molecule has 2 heteroatoms. The molecule has 15 heavy (non-hydrogen) atoms. The Bertz CT molecular complexity index is 344. The van der Waals surface area contributed by atoms with Gasteiger partial charge in [-0.05, 0) is 49.9 Å². The molecule has 0 heterocycles. The molecule has 0 amide bonds. The summed E-state index contributed by atoms with van der Waals surface area (Å²) in [6, 6.07) is 7.62. The van der Waals surface area contributed by atoms with E-state index in [1.807, 2.05) is 0 Å². The van der Waals surface area contributed by atoms with E-state index in [9.17, 15) is 0 Å². The van der Waals surface area contributed by atoms with E-state index >= 15 is 0 Å². The molecule has 0 N–H and O–H groups in total. The summed E-state index contributed by atoms with van der Waals surface area (Å²) in [6.07, 6.45) is 2.74. The lowest BCUT2D eigenvalue weighted by Gasteiger charge is -2.23. The minimum atomic E-state index is 0.809. The van der Waals surface area contributed by atoms with Crippen molar-refractivity contribution < 1.29 is 0 Å². The first-order chi connectivity index (χ1) is 7.26. The van der Waals surface area contributed by atoms with E-state index in [0.29, 0.717) is 0 Å². The van der Waals surface area contributed by atoms with Gasteiger partial charge in [0.1, 0.15) is 0 Å². The number of hydrogen-bond acceptors (Lipinski definition) is 1. The van der Waals surface area contributed by atoms with Crippen LogP contribution >= 0.6 is 15.9 Å². The Labute approximate surface area is 101 Å². The molecule has 1 aromatic rings. The van der Waals surface area contributed by atoms with Crippen LogP contribution in [0.5, 0.6) is 0 Å². The molecule has 82 valence electrons. The molecular weight excluding hydrogens is 250 g/mol. The summed E-state index contributed by atoms with van der Waals surface area (Å²) in [4.78, 5) is 2.52. The van der Waals surface area contributed by atoms with Gasteiger partial charge in [-0.1, -0.05) is 22.0 Å². The highest BCUT2D eigenvalue weighted by Gasteiger charge is 2.28. The molecule has 1 aromatic carbocycles. The Morgan fingerprint density at radius 2 is 2.13 bits per heavy atom. The monoisotopic (exact) mass is 267 g/mol. The molecule has 0 aliphatic heterocycles. The van der Waals surface area contributed by atoms with E-state index in [0.717, 1.165) is 17.9 Å². The Balaban J connectivity index is 2.23. The molecule has 0 radical (unpaired) electrons. The van der Waals surface area contributed by atoms with Crippen LogP contribution in [0.3, 0.4) is 0 Å². The van der Waals surface area contributed by atoms with Gasteiger partial charge in [-0.15, -0.1) is 0 Å². The van der Waals surface area contributed by atoms with Gasteiger partial charge < -0.3 is 4.90 Å². The quantitative estimate of drug-likeness (QED) is 0.749. The maximum Gasteiger partial charge on any atom is 0.0371 e. The van der Waals surface area contributed by atoms with Crippen molar-refractivity contribution in [3.63, 3.8) is 0 Å². The van der Waals surface area contributed by atoms with Crippen LogP contribution in [-0.4, -0.2) is 12.6 Å². The fourth-order valence-electron chi connectivity index (χ4n) is 2.05. The predicted octanol–water partition coefficient (Wildman–Crippen LogP) is 3.88. The number of benzene rings is 1. The molecule has 0 spiro atoms. The summed E-state index contributed by atoms with van der Waals surface area (Å²) in [7, 11) is 0. The summed E-state index contributed by atoms with van der Waals surface area (Å²) in [5.74, 6) is 0. The number of rotatable bonds is 4. The fraction of sp³-hybridized carbons (Fsp3) is 0.538. The zero-order chi connectivity index (χ0) is 10.8. The number of aryl methyl sites for hydroxylation is 1. The Morgan fingerprint density at radius 1 is 1.40 bits per heavy atom. The van der Waals surface area contributed by atoms with Gasteiger partial charge >= 0.3 is 0 Å².